The molecule has 0 aliphatic carbocycles. The van der Waals surface area contributed by atoms with Crippen molar-refractivity contribution in [2.45, 2.75) is 38.5 Å². The zero-order valence-corrected chi connectivity index (χ0v) is 13.6. The molecule has 0 aliphatic heterocycles. The lowest BCUT2D eigenvalue weighted by atomic mass is 10.0. The highest BCUT2D eigenvalue weighted by Gasteiger charge is 2.16. The third-order valence-electron chi connectivity index (χ3n) is 3.39. The Hall–Kier alpha value is -1.17. The zero-order valence-electron chi connectivity index (χ0n) is 12.0. The topological polar surface area (TPSA) is 45.4 Å². The maximum Gasteiger partial charge on any atom is 0.169 e. The van der Waals surface area contributed by atoms with E-state index in [9.17, 15) is 9.50 Å². The van der Waals surface area contributed by atoms with Crippen LogP contribution in [0.15, 0.2) is 45.5 Å². The van der Waals surface area contributed by atoms with Crippen molar-refractivity contribution in [2.24, 2.45) is 0 Å². The molecule has 0 amide bonds. The van der Waals surface area contributed by atoms with Gasteiger partial charge in [0.1, 0.15) is 11.6 Å². The first-order valence-electron chi connectivity index (χ1n) is 6.90. The second-order valence-corrected chi connectivity index (χ2v) is 6.02. The number of aliphatic hydroxyl groups excluding tert-OH is 1. The summed E-state index contributed by atoms with van der Waals surface area (Å²) in [5.41, 5.74) is 0.721. The molecule has 5 heteroatoms. The molecule has 1 aromatic carbocycles. The molecule has 114 valence electrons. The summed E-state index contributed by atoms with van der Waals surface area (Å²) in [7, 11) is 0. The van der Waals surface area contributed by atoms with Crippen molar-refractivity contribution < 1.29 is 13.9 Å². The lowest BCUT2D eigenvalue weighted by Crippen LogP contribution is -2.30. The summed E-state index contributed by atoms with van der Waals surface area (Å²) in [6.07, 6.45) is -0.0821. The van der Waals surface area contributed by atoms with Gasteiger partial charge >= 0.3 is 0 Å². The van der Waals surface area contributed by atoms with Crippen molar-refractivity contribution in [3.05, 3.63) is 58.2 Å². The van der Waals surface area contributed by atoms with Crippen LogP contribution in [0.25, 0.3) is 0 Å². The highest BCUT2D eigenvalue weighted by Crippen LogP contribution is 2.23. The molecule has 3 nitrogen and oxygen atoms in total. The summed E-state index contributed by atoms with van der Waals surface area (Å²) in [5, 5.41) is 13.5. The fraction of sp³-hybridized carbons (Fsp3) is 0.375. The first-order valence-corrected chi connectivity index (χ1v) is 7.70. The van der Waals surface area contributed by atoms with E-state index < -0.39 is 6.10 Å². The van der Waals surface area contributed by atoms with Crippen LogP contribution >= 0.6 is 15.9 Å². The SMILES string of the molecule is C[C@H](C[C@@H](O)c1ccc(F)cc1)N[C@H](C)c1ccc(Br)o1. The van der Waals surface area contributed by atoms with Crippen LogP contribution in [0.3, 0.4) is 0 Å². The van der Waals surface area contributed by atoms with E-state index in [0.29, 0.717) is 11.1 Å². The number of hydrogen-bond acceptors (Lipinski definition) is 3. The summed E-state index contributed by atoms with van der Waals surface area (Å²) < 4.78 is 19.1. The smallest absolute Gasteiger partial charge is 0.169 e. The standard InChI is InChI=1S/C16H19BrFNO2/c1-10(19-11(2)15-7-8-16(17)21-15)9-14(20)12-3-5-13(18)6-4-12/h3-8,10-11,14,19-20H,9H2,1-2H3/t10-,11-,14-/m1/s1. The zero-order chi connectivity index (χ0) is 15.4. The third kappa shape index (κ3) is 4.66. The van der Waals surface area contributed by atoms with E-state index in [1.807, 2.05) is 26.0 Å². The minimum Gasteiger partial charge on any atom is -0.453 e. The number of aliphatic hydroxyl groups is 1. The molecule has 2 rings (SSSR count). The molecule has 0 saturated carbocycles. The molecule has 21 heavy (non-hydrogen) atoms. The lowest BCUT2D eigenvalue weighted by Gasteiger charge is -2.21. The molecule has 1 aromatic heterocycles. The molecule has 0 bridgehead atoms. The predicted molar refractivity (Wildman–Crippen MR) is 83.4 cm³/mol. The van der Waals surface area contributed by atoms with Crippen LogP contribution in [0.5, 0.6) is 0 Å². The van der Waals surface area contributed by atoms with Gasteiger partial charge in [-0.25, -0.2) is 4.39 Å². The minimum absolute atomic E-state index is 0.0479. The van der Waals surface area contributed by atoms with Gasteiger partial charge in [0.05, 0.1) is 12.1 Å². The second kappa shape index (κ2) is 7.20. The molecule has 2 N–H and O–H groups in total. The van der Waals surface area contributed by atoms with E-state index in [0.717, 1.165) is 11.3 Å². The van der Waals surface area contributed by atoms with E-state index in [2.05, 4.69) is 21.2 Å². The molecule has 0 aliphatic rings. The monoisotopic (exact) mass is 355 g/mol. The average Bonchev–Trinajstić information content (AvgIpc) is 2.86. The highest BCUT2D eigenvalue weighted by atomic mass is 79.9. The van der Waals surface area contributed by atoms with Crippen LogP contribution in [-0.2, 0) is 0 Å². The van der Waals surface area contributed by atoms with Gasteiger partial charge < -0.3 is 14.8 Å². The number of nitrogens with one attached hydrogen (secondary N) is 1. The number of benzene rings is 1. The van der Waals surface area contributed by atoms with Gasteiger partial charge in [-0.15, -0.1) is 0 Å². The number of hydrogen-bond donors (Lipinski definition) is 2. The van der Waals surface area contributed by atoms with Gasteiger partial charge in [-0.05, 0) is 66.0 Å². The Morgan fingerprint density at radius 3 is 2.43 bits per heavy atom. The van der Waals surface area contributed by atoms with Crippen LogP contribution in [0, 0.1) is 5.82 Å². The van der Waals surface area contributed by atoms with Crippen molar-refractivity contribution >= 4 is 15.9 Å². The van der Waals surface area contributed by atoms with Gasteiger partial charge in [0.25, 0.3) is 0 Å². The Kier molecular flexibility index (Phi) is 5.56. The van der Waals surface area contributed by atoms with Crippen LogP contribution in [-0.4, -0.2) is 11.1 Å². The van der Waals surface area contributed by atoms with Gasteiger partial charge in [-0.1, -0.05) is 12.1 Å². The normalized spacial score (nSPS) is 15.7. The molecule has 1 heterocycles. The Labute approximate surface area is 132 Å². The Morgan fingerprint density at radius 1 is 1.19 bits per heavy atom. The second-order valence-electron chi connectivity index (χ2n) is 5.23. The fourth-order valence-electron chi connectivity index (χ4n) is 2.29. The quantitative estimate of drug-likeness (QED) is 0.809. The van der Waals surface area contributed by atoms with Crippen molar-refractivity contribution in [3.63, 3.8) is 0 Å². The maximum absolute atomic E-state index is 12.9. The molecule has 0 saturated heterocycles. The van der Waals surface area contributed by atoms with E-state index in [4.69, 9.17) is 4.42 Å². The summed E-state index contributed by atoms with van der Waals surface area (Å²) in [4.78, 5) is 0. The number of furan rings is 1. The molecule has 0 radical (unpaired) electrons. The summed E-state index contributed by atoms with van der Waals surface area (Å²) in [6, 6.07) is 9.84. The molecular weight excluding hydrogens is 337 g/mol. The average molecular weight is 356 g/mol. The predicted octanol–water partition coefficient (Wildman–Crippen LogP) is 4.34. The minimum atomic E-state index is -0.622. The Balaban J connectivity index is 1.88. The van der Waals surface area contributed by atoms with Gasteiger partial charge in [0.2, 0.25) is 0 Å². The lowest BCUT2D eigenvalue weighted by molar-refractivity contribution is 0.151. The van der Waals surface area contributed by atoms with Gasteiger partial charge in [-0.2, -0.15) is 0 Å². The largest absolute Gasteiger partial charge is 0.453 e. The van der Waals surface area contributed by atoms with E-state index >= 15 is 0 Å². The van der Waals surface area contributed by atoms with Crippen molar-refractivity contribution in [1.82, 2.24) is 5.32 Å². The van der Waals surface area contributed by atoms with Gasteiger partial charge in [0.15, 0.2) is 4.67 Å². The van der Waals surface area contributed by atoms with E-state index in [-0.39, 0.29) is 17.9 Å². The fourth-order valence-corrected chi connectivity index (χ4v) is 2.61. The molecule has 3 atom stereocenters. The first kappa shape index (κ1) is 16.2. The highest BCUT2D eigenvalue weighted by molar-refractivity contribution is 9.10. The Bertz CT molecular complexity index is 570. The molecule has 0 fully saturated rings. The van der Waals surface area contributed by atoms with Crippen molar-refractivity contribution in [2.75, 3.05) is 0 Å². The van der Waals surface area contributed by atoms with Crippen molar-refractivity contribution in [1.29, 1.82) is 0 Å². The van der Waals surface area contributed by atoms with Crippen molar-refractivity contribution in [3.8, 4) is 0 Å². The summed E-state index contributed by atoms with van der Waals surface area (Å²) in [6.45, 7) is 4.01. The molecule has 0 unspecified atom stereocenters. The van der Waals surface area contributed by atoms with Crippen LogP contribution in [0.1, 0.15) is 43.7 Å². The molecule has 2 aromatic rings. The maximum atomic E-state index is 12.9. The van der Waals surface area contributed by atoms with Gasteiger partial charge in [-0.3, -0.25) is 0 Å². The summed E-state index contributed by atoms with van der Waals surface area (Å²) in [5.74, 6) is 0.541. The van der Waals surface area contributed by atoms with Crippen LogP contribution in [0.4, 0.5) is 4.39 Å². The Morgan fingerprint density at radius 2 is 1.86 bits per heavy atom. The molecule has 0 spiro atoms. The molecular formula is C16H19BrFNO2. The van der Waals surface area contributed by atoms with E-state index in [1.54, 1.807) is 12.1 Å². The van der Waals surface area contributed by atoms with E-state index in [1.165, 1.54) is 12.1 Å². The van der Waals surface area contributed by atoms with Crippen LogP contribution in [0.2, 0.25) is 0 Å². The first-order chi connectivity index (χ1) is 9.95. The van der Waals surface area contributed by atoms with Gasteiger partial charge in [0, 0.05) is 6.04 Å². The number of rotatable bonds is 6. The van der Waals surface area contributed by atoms with Crippen LogP contribution < -0.4 is 5.32 Å². The number of halogens is 2. The summed E-state index contributed by atoms with van der Waals surface area (Å²) >= 11 is 3.28. The third-order valence-corrected chi connectivity index (χ3v) is 3.81.